The van der Waals surface area contributed by atoms with Crippen LogP contribution in [0.15, 0.2) is 40.9 Å². The molecule has 1 N–H and O–H groups in total. The van der Waals surface area contributed by atoms with Gasteiger partial charge in [0.1, 0.15) is 0 Å². The van der Waals surface area contributed by atoms with Crippen molar-refractivity contribution in [2.75, 3.05) is 25.0 Å². The monoisotopic (exact) mass is 498 g/mol. The van der Waals surface area contributed by atoms with Crippen LogP contribution in [0.1, 0.15) is 36.0 Å². The number of ether oxygens (including phenoxy) is 1. The molecule has 0 spiro atoms. The summed E-state index contributed by atoms with van der Waals surface area (Å²) in [5.41, 5.74) is 1.21. The van der Waals surface area contributed by atoms with Gasteiger partial charge in [-0.15, -0.1) is 0 Å². The van der Waals surface area contributed by atoms with E-state index in [9.17, 15) is 9.59 Å². The molecule has 0 aromatic heterocycles. The van der Waals surface area contributed by atoms with E-state index in [2.05, 4.69) is 21.2 Å². The Morgan fingerprint density at radius 3 is 2.31 bits per heavy atom. The SMILES string of the molecule is O=C(COc1c(Cl)cc(Cl)cc1Br)Nc1ccc(C(=O)N2CCCCCC2)cc1. The second-order valence-electron chi connectivity index (χ2n) is 6.82. The zero-order valence-electron chi connectivity index (χ0n) is 15.7. The Morgan fingerprint density at radius 2 is 1.69 bits per heavy atom. The quantitative estimate of drug-likeness (QED) is 0.566. The number of likely N-dealkylation sites (tertiary alicyclic amines) is 1. The number of carbonyl (C=O) groups excluding carboxylic acids is 2. The van der Waals surface area contributed by atoms with E-state index in [-0.39, 0.29) is 18.4 Å². The maximum absolute atomic E-state index is 12.6. The van der Waals surface area contributed by atoms with E-state index in [1.54, 1.807) is 36.4 Å². The predicted molar refractivity (Wildman–Crippen MR) is 119 cm³/mol. The van der Waals surface area contributed by atoms with Crippen LogP contribution in [0, 0.1) is 0 Å². The highest BCUT2D eigenvalue weighted by Crippen LogP contribution is 2.36. The van der Waals surface area contributed by atoms with Gasteiger partial charge < -0.3 is 15.0 Å². The highest BCUT2D eigenvalue weighted by molar-refractivity contribution is 9.10. The number of anilines is 1. The van der Waals surface area contributed by atoms with E-state index in [0.717, 1.165) is 25.9 Å². The largest absolute Gasteiger partial charge is 0.481 e. The molecule has 0 saturated carbocycles. The van der Waals surface area contributed by atoms with E-state index in [4.69, 9.17) is 27.9 Å². The van der Waals surface area contributed by atoms with Gasteiger partial charge in [-0.3, -0.25) is 9.59 Å². The van der Waals surface area contributed by atoms with Crippen molar-refractivity contribution in [3.8, 4) is 5.75 Å². The second kappa shape index (κ2) is 10.3. The number of halogens is 3. The number of carbonyl (C=O) groups is 2. The third kappa shape index (κ3) is 6.11. The van der Waals surface area contributed by atoms with E-state index in [1.165, 1.54) is 12.8 Å². The second-order valence-corrected chi connectivity index (χ2v) is 8.52. The van der Waals surface area contributed by atoms with Crippen LogP contribution >= 0.6 is 39.1 Å². The third-order valence-corrected chi connectivity index (χ3v) is 5.71. The summed E-state index contributed by atoms with van der Waals surface area (Å²) >= 11 is 15.3. The van der Waals surface area contributed by atoms with Gasteiger partial charge >= 0.3 is 0 Å². The molecule has 5 nitrogen and oxygen atoms in total. The molecule has 2 amide bonds. The van der Waals surface area contributed by atoms with Gasteiger partial charge in [-0.25, -0.2) is 0 Å². The van der Waals surface area contributed by atoms with Gasteiger partial charge in [0.2, 0.25) is 0 Å². The summed E-state index contributed by atoms with van der Waals surface area (Å²) in [6.45, 7) is 1.39. The predicted octanol–water partition coefficient (Wildman–Crippen LogP) is 5.79. The van der Waals surface area contributed by atoms with Gasteiger partial charge in [0, 0.05) is 29.4 Å². The normalized spacial score (nSPS) is 14.2. The van der Waals surface area contributed by atoms with Gasteiger partial charge in [0.25, 0.3) is 11.8 Å². The number of amides is 2. The number of hydrogen-bond acceptors (Lipinski definition) is 3. The lowest BCUT2D eigenvalue weighted by Gasteiger charge is -2.20. The van der Waals surface area contributed by atoms with Gasteiger partial charge in [-0.1, -0.05) is 36.0 Å². The van der Waals surface area contributed by atoms with Crippen LogP contribution in [0.5, 0.6) is 5.75 Å². The molecular formula is C21H21BrCl2N2O3. The summed E-state index contributed by atoms with van der Waals surface area (Å²) in [4.78, 5) is 26.7. The first-order chi connectivity index (χ1) is 13.9. The summed E-state index contributed by atoms with van der Waals surface area (Å²) in [5.74, 6) is 0.0504. The van der Waals surface area contributed by atoms with Crippen molar-refractivity contribution in [2.45, 2.75) is 25.7 Å². The van der Waals surface area contributed by atoms with E-state index >= 15 is 0 Å². The Balaban J connectivity index is 1.55. The van der Waals surface area contributed by atoms with Crippen LogP contribution in [0.2, 0.25) is 10.0 Å². The highest BCUT2D eigenvalue weighted by atomic mass is 79.9. The molecule has 0 radical (unpaired) electrons. The lowest BCUT2D eigenvalue weighted by atomic mass is 10.1. The number of nitrogens with zero attached hydrogens (tertiary/aromatic N) is 1. The van der Waals surface area contributed by atoms with Crippen molar-refractivity contribution in [1.82, 2.24) is 4.90 Å². The molecule has 1 heterocycles. The molecule has 0 atom stereocenters. The topological polar surface area (TPSA) is 58.6 Å². The van der Waals surface area contributed by atoms with E-state index < -0.39 is 0 Å². The fourth-order valence-corrected chi connectivity index (χ4v) is 4.52. The van der Waals surface area contributed by atoms with Crippen LogP contribution in [0.3, 0.4) is 0 Å². The molecule has 3 rings (SSSR count). The molecule has 1 aliphatic rings. The van der Waals surface area contributed by atoms with Gasteiger partial charge in [-0.2, -0.15) is 0 Å². The van der Waals surface area contributed by atoms with Crippen molar-refractivity contribution in [3.05, 3.63) is 56.5 Å². The van der Waals surface area contributed by atoms with Gasteiger partial charge in [-0.05, 0) is 65.2 Å². The minimum Gasteiger partial charge on any atom is -0.481 e. The Bertz CT molecular complexity index is 859. The fourth-order valence-electron chi connectivity index (χ4n) is 3.15. The highest BCUT2D eigenvalue weighted by Gasteiger charge is 2.17. The summed E-state index contributed by atoms with van der Waals surface area (Å²) in [7, 11) is 0. The number of benzene rings is 2. The molecular weight excluding hydrogens is 479 g/mol. The lowest BCUT2D eigenvalue weighted by molar-refractivity contribution is -0.118. The smallest absolute Gasteiger partial charge is 0.262 e. The van der Waals surface area contributed by atoms with Crippen molar-refractivity contribution in [3.63, 3.8) is 0 Å². The van der Waals surface area contributed by atoms with E-state index in [0.29, 0.717) is 31.5 Å². The Kier molecular flexibility index (Phi) is 7.81. The molecule has 1 aliphatic heterocycles. The molecule has 0 bridgehead atoms. The number of hydrogen-bond donors (Lipinski definition) is 1. The first kappa shape index (κ1) is 21.9. The molecule has 0 unspecified atom stereocenters. The van der Waals surface area contributed by atoms with Crippen molar-refractivity contribution >= 4 is 56.6 Å². The maximum Gasteiger partial charge on any atom is 0.262 e. The Hall–Kier alpha value is -1.76. The molecule has 2 aromatic rings. The standard InChI is InChI=1S/C21H21BrCl2N2O3/c22-17-11-15(23)12-18(24)20(17)29-13-19(27)25-16-7-5-14(6-8-16)21(28)26-9-3-1-2-4-10-26/h5-8,11-12H,1-4,9-10,13H2,(H,25,27). The molecule has 154 valence electrons. The Morgan fingerprint density at radius 1 is 1.03 bits per heavy atom. The van der Waals surface area contributed by atoms with Crippen LogP contribution in [-0.4, -0.2) is 36.4 Å². The van der Waals surface area contributed by atoms with Crippen molar-refractivity contribution in [1.29, 1.82) is 0 Å². The number of nitrogens with one attached hydrogen (secondary N) is 1. The summed E-state index contributed by atoms with van der Waals surface area (Å²) in [5, 5.41) is 3.52. The van der Waals surface area contributed by atoms with Gasteiger partial charge in [0.15, 0.2) is 12.4 Å². The maximum atomic E-state index is 12.6. The average molecular weight is 500 g/mol. The number of rotatable bonds is 5. The minimum atomic E-state index is -0.338. The van der Waals surface area contributed by atoms with E-state index in [1.807, 2.05) is 4.90 Å². The molecule has 0 aliphatic carbocycles. The third-order valence-electron chi connectivity index (χ3n) is 4.62. The molecule has 1 saturated heterocycles. The summed E-state index contributed by atoms with van der Waals surface area (Å²) in [6, 6.07) is 10.1. The van der Waals surface area contributed by atoms with Crippen LogP contribution in [0.4, 0.5) is 5.69 Å². The van der Waals surface area contributed by atoms with Crippen molar-refractivity contribution in [2.24, 2.45) is 0 Å². The summed E-state index contributed by atoms with van der Waals surface area (Å²) < 4.78 is 6.07. The first-order valence-electron chi connectivity index (χ1n) is 9.40. The fraction of sp³-hybridized carbons (Fsp3) is 0.333. The Labute approximate surface area is 188 Å². The molecule has 29 heavy (non-hydrogen) atoms. The van der Waals surface area contributed by atoms with Crippen LogP contribution in [-0.2, 0) is 4.79 Å². The van der Waals surface area contributed by atoms with Crippen LogP contribution in [0.25, 0.3) is 0 Å². The molecule has 1 fully saturated rings. The molecule has 2 aromatic carbocycles. The minimum absolute atomic E-state index is 0.0374. The lowest BCUT2D eigenvalue weighted by Crippen LogP contribution is -2.31. The zero-order chi connectivity index (χ0) is 20.8. The summed E-state index contributed by atoms with van der Waals surface area (Å²) in [6.07, 6.45) is 4.45. The first-order valence-corrected chi connectivity index (χ1v) is 11.0. The van der Waals surface area contributed by atoms with Gasteiger partial charge in [0.05, 0.1) is 9.50 Å². The molecule has 8 heteroatoms. The average Bonchev–Trinajstić information content (AvgIpc) is 2.96. The zero-order valence-corrected chi connectivity index (χ0v) is 18.8. The van der Waals surface area contributed by atoms with Crippen LogP contribution < -0.4 is 10.1 Å². The van der Waals surface area contributed by atoms with Crippen molar-refractivity contribution < 1.29 is 14.3 Å².